The van der Waals surface area contributed by atoms with E-state index in [-0.39, 0.29) is 6.10 Å². The van der Waals surface area contributed by atoms with Gasteiger partial charge < -0.3 is 10.1 Å². The van der Waals surface area contributed by atoms with Crippen molar-refractivity contribution in [1.29, 1.82) is 0 Å². The van der Waals surface area contributed by atoms with Gasteiger partial charge in [0.1, 0.15) is 0 Å². The normalized spacial score (nSPS) is 10.1. The van der Waals surface area contributed by atoms with Crippen LogP contribution in [0.1, 0.15) is 13.8 Å². The number of pyridine rings is 1. The molecule has 0 aliphatic heterocycles. The van der Waals surface area contributed by atoms with Gasteiger partial charge in [-0.25, -0.2) is 4.98 Å². The Morgan fingerprint density at radius 2 is 2.40 bits per heavy atom. The second kappa shape index (κ2) is 5.61. The second-order valence-corrected chi connectivity index (χ2v) is 3.92. The van der Waals surface area contributed by atoms with Crippen LogP contribution in [0.15, 0.2) is 29.9 Å². The van der Waals surface area contributed by atoms with Gasteiger partial charge in [-0.15, -0.1) is 0 Å². The Bertz CT molecular complexity index is 339. The molecule has 0 saturated heterocycles. The fraction of sp³-hybridized carbons (Fsp3) is 0.364. The highest BCUT2D eigenvalue weighted by Gasteiger charge is 2.05. The lowest BCUT2D eigenvalue weighted by Crippen LogP contribution is -2.10. The Morgan fingerprint density at radius 1 is 1.67 bits per heavy atom. The van der Waals surface area contributed by atoms with Crippen LogP contribution in [-0.4, -0.2) is 17.6 Å². The minimum absolute atomic E-state index is 0.119. The van der Waals surface area contributed by atoms with Gasteiger partial charge in [0.05, 0.1) is 12.6 Å². The lowest BCUT2D eigenvalue weighted by atomic mass is 10.4. The van der Waals surface area contributed by atoms with Gasteiger partial charge in [0, 0.05) is 11.2 Å². The third kappa shape index (κ3) is 4.21. The van der Waals surface area contributed by atoms with Crippen LogP contribution >= 0.6 is 11.6 Å². The largest absolute Gasteiger partial charge is 0.487 e. The van der Waals surface area contributed by atoms with Crippen LogP contribution in [-0.2, 0) is 0 Å². The zero-order valence-electron chi connectivity index (χ0n) is 8.96. The molecule has 0 amide bonds. The van der Waals surface area contributed by atoms with E-state index in [0.717, 1.165) is 5.75 Å². The first kappa shape index (κ1) is 11.9. The van der Waals surface area contributed by atoms with Crippen LogP contribution in [0.4, 0.5) is 5.82 Å². The molecule has 15 heavy (non-hydrogen) atoms. The van der Waals surface area contributed by atoms with Crippen molar-refractivity contribution in [2.24, 2.45) is 0 Å². The monoisotopic (exact) mass is 226 g/mol. The topological polar surface area (TPSA) is 34.2 Å². The lowest BCUT2D eigenvalue weighted by molar-refractivity contribution is 0.243. The van der Waals surface area contributed by atoms with Crippen LogP contribution in [0.5, 0.6) is 5.75 Å². The molecule has 1 N–H and O–H groups in total. The van der Waals surface area contributed by atoms with Crippen molar-refractivity contribution < 1.29 is 4.74 Å². The predicted octanol–water partition coefficient (Wildman–Crippen LogP) is 3.03. The first-order chi connectivity index (χ1) is 7.09. The number of halogens is 1. The number of anilines is 1. The van der Waals surface area contributed by atoms with E-state index in [0.29, 0.717) is 17.4 Å². The molecular formula is C11H15ClN2O. The molecule has 1 aromatic rings. The molecule has 0 aliphatic carbocycles. The number of rotatable bonds is 5. The highest BCUT2D eigenvalue weighted by molar-refractivity contribution is 6.29. The van der Waals surface area contributed by atoms with Gasteiger partial charge in [-0.2, -0.15) is 0 Å². The molecule has 0 aliphatic rings. The molecule has 0 radical (unpaired) electrons. The van der Waals surface area contributed by atoms with E-state index in [4.69, 9.17) is 16.3 Å². The minimum atomic E-state index is 0.119. The summed E-state index contributed by atoms with van der Waals surface area (Å²) >= 11 is 5.66. The molecule has 3 nitrogen and oxygen atoms in total. The van der Waals surface area contributed by atoms with Gasteiger partial charge in [-0.05, 0) is 26.0 Å². The van der Waals surface area contributed by atoms with Crippen molar-refractivity contribution in [2.75, 3.05) is 11.9 Å². The van der Waals surface area contributed by atoms with E-state index in [1.165, 1.54) is 0 Å². The fourth-order valence-electron chi connectivity index (χ4n) is 1.05. The molecule has 0 aromatic carbocycles. The summed E-state index contributed by atoms with van der Waals surface area (Å²) in [6.07, 6.45) is 1.82. The maximum absolute atomic E-state index is 5.66. The molecule has 0 saturated carbocycles. The first-order valence-electron chi connectivity index (χ1n) is 4.78. The maximum atomic E-state index is 5.66. The molecule has 4 heteroatoms. The molecule has 0 atom stereocenters. The second-order valence-electron chi connectivity index (χ2n) is 3.39. The van der Waals surface area contributed by atoms with Crippen LogP contribution < -0.4 is 10.1 Å². The quantitative estimate of drug-likeness (QED) is 0.838. The first-order valence-corrected chi connectivity index (χ1v) is 5.16. The molecule has 0 unspecified atom stereocenters. The summed E-state index contributed by atoms with van der Waals surface area (Å²) in [4.78, 5) is 4.17. The Kier molecular flexibility index (Phi) is 4.43. The molecule has 0 bridgehead atoms. The molecular weight excluding hydrogens is 212 g/mol. The fourth-order valence-corrected chi connectivity index (χ4v) is 1.12. The minimum Gasteiger partial charge on any atom is -0.487 e. The number of nitrogens with one attached hydrogen (secondary N) is 1. The van der Waals surface area contributed by atoms with Crippen LogP contribution in [0.3, 0.4) is 0 Å². The van der Waals surface area contributed by atoms with E-state index in [2.05, 4.69) is 16.9 Å². The zero-order valence-corrected chi connectivity index (χ0v) is 9.71. The summed E-state index contributed by atoms with van der Waals surface area (Å²) in [6, 6.07) is 3.70. The van der Waals surface area contributed by atoms with Gasteiger partial charge in [0.2, 0.25) is 0 Å². The third-order valence-corrected chi connectivity index (χ3v) is 1.71. The summed E-state index contributed by atoms with van der Waals surface area (Å²) in [6.45, 7) is 8.01. The van der Waals surface area contributed by atoms with Gasteiger partial charge in [-0.1, -0.05) is 18.2 Å². The summed E-state index contributed by atoms with van der Waals surface area (Å²) in [5.74, 6) is 1.42. The predicted molar refractivity (Wildman–Crippen MR) is 63.5 cm³/mol. The molecule has 1 rings (SSSR count). The molecule has 1 heterocycles. The van der Waals surface area contributed by atoms with Gasteiger partial charge in [-0.3, -0.25) is 0 Å². The summed E-state index contributed by atoms with van der Waals surface area (Å²) in [5.41, 5.74) is 0. The van der Waals surface area contributed by atoms with Crippen molar-refractivity contribution in [3.63, 3.8) is 0 Å². The number of aromatic nitrogens is 1. The van der Waals surface area contributed by atoms with E-state index in [1.807, 2.05) is 26.0 Å². The third-order valence-electron chi connectivity index (χ3n) is 1.58. The molecule has 82 valence electrons. The van der Waals surface area contributed by atoms with E-state index >= 15 is 0 Å². The van der Waals surface area contributed by atoms with E-state index in [9.17, 15) is 0 Å². The lowest BCUT2D eigenvalue weighted by Gasteiger charge is -2.13. The van der Waals surface area contributed by atoms with Gasteiger partial charge >= 0.3 is 0 Å². The molecule has 0 fully saturated rings. The summed E-state index contributed by atoms with van der Waals surface area (Å²) in [5, 5.41) is 3.59. The number of ether oxygens (including phenoxy) is 1. The van der Waals surface area contributed by atoms with Crippen molar-refractivity contribution in [3.8, 4) is 5.75 Å². The highest BCUT2D eigenvalue weighted by Crippen LogP contribution is 2.22. The smallest absolute Gasteiger partial charge is 0.169 e. The molecule has 0 spiro atoms. The summed E-state index contributed by atoms with van der Waals surface area (Å²) < 4.78 is 5.58. The standard InChI is InChI=1S/C11H15ClN2O/c1-8(2)15-10-5-4-6-13-11(10)14-7-9(3)12/h4-6,8H,3,7H2,1-2H3,(H,13,14). The van der Waals surface area contributed by atoms with Crippen LogP contribution in [0, 0.1) is 0 Å². The van der Waals surface area contributed by atoms with Crippen molar-refractivity contribution in [1.82, 2.24) is 4.98 Å². The van der Waals surface area contributed by atoms with Crippen molar-refractivity contribution in [2.45, 2.75) is 20.0 Å². The highest BCUT2D eigenvalue weighted by atomic mass is 35.5. The number of hydrogen-bond acceptors (Lipinski definition) is 3. The van der Waals surface area contributed by atoms with Crippen LogP contribution in [0.25, 0.3) is 0 Å². The Labute approximate surface area is 95.1 Å². The Hall–Kier alpha value is -1.22. The van der Waals surface area contributed by atoms with Gasteiger partial charge in [0.25, 0.3) is 0 Å². The maximum Gasteiger partial charge on any atom is 0.169 e. The van der Waals surface area contributed by atoms with Crippen molar-refractivity contribution in [3.05, 3.63) is 29.9 Å². The Morgan fingerprint density at radius 3 is 3.00 bits per heavy atom. The SMILES string of the molecule is C=C(Cl)CNc1ncccc1OC(C)C. The number of nitrogens with zero attached hydrogens (tertiary/aromatic N) is 1. The summed E-state index contributed by atoms with van der Waals surface area (Å²) in [7, 11) is 0. The van der Waals surface area contributed by atoms with Crippen molar-refractivity contribution >= 4 is 17.4 Å². The van der Waals surface area contributed by atoms with E-state index in [1.54, 1.807) is 6.20 Å². The van der Waals surface area contributed by atoms with Crippen LogP contribution in [0.2, 0.25) is 0 Å². The average molecular weight is 227 g/mol. The van der Waals surface area contributed by atoms with E-state index < -0.39 is 0 Å². The Balaban J connectivity index is 2.72. The molecule has 1 aromatic heterocycles. The zero-order chi connectivity index (χ0) is 11.3. The number of hydrogen-bond donors (Lipinski definition) is 1. The average Bonchev–Trinajstić information content (AvgIpc) is 2.15. The van der Waals surface area contributed by atoms with Gasteiger partial charge in [0.15, 0.2) is 11.6 Å².